The highest BCUT2D eigenvalue weighted by Crippen LogP contribution is 2.33. The molecule has 4 heteroatoms. The van der Waals surface area contributed by atoms with Gasteiger partial charge in [-0.2, -0.15) is 0 Å². The van der Waals surface area contributed by atoms with Gasteiger partial charge in [-0.15, -0.1) is 0 Å². The monoisotopic (exact) mass is 228 g/mol. The van der Waals surface area contributed by atoms with Crippen LogP contribution in [0.5, 0.6) is 5.75 Å². The third-order valence-corrected chi connectivity index (χ3v) is 3.83. The van der Waals surface area contributed by atoms with Crippen LogP contribution in [-0.2, 0) is 11.1 Å². The second-order valence-corrected chi connectivity index (χ2v) is 4.52. The Bertz CT molecular complexity index is 395. The summed E-state index contributed by atoms with van der Waals surface area (Å²) in [5, 5.41) is 0. The molecule has 0 heterocycles. The van der Waals surface area contributed by atoms with Crippen molar-refractivity contribution in [3.05, 3.63) is 22.3 Å². The van der Waals surface area contributed by atoms with Gasteiger partial charge in [0.15, 0.2) is 11.1 Å². The molecule has 1 unspecified atom stereocenters. The molecule has 84 valence electrons. The Morgan fingerprint density at radius 2 is 1.40 bits per heavy atom. The highest BCUT2D eigenvalue weighted by molar-refractivity contribution is 7.79. The van der Waals surface area contributed by atoms with Crippen LogP contribution in [0.3, 0.4) is 0 Å². The molecule has 0 fully saturated rings. The van der Waals surface area contributed by atoms with Crippen molar-refractivity contribution in [1.82, 2.24) is 0 Å². The lowest BCUT2D eigenvalue weighted by molar-refractivity contribution is 0.407. The number of benzene rings is 1. The van der Waals surface area contributed by atoms with E-state index < -0.39 is 11.1 Å². The SMILES string of the molecule is COc1c(C)c(C)c(S(=O)O)c(C)c1C. The fraction of sp³-hybridized carbons (Fsp3) is 0.455. The van der Waals surface area contributed by atoms with Crippen LogP contribution in [0.1, 0.15) is 22.3 Å². The van der Waals surface area contributed by atoms with Gasteiger partial charge in [-0.05, 0) is 49.9 Å². The van der Waals surface area contributed by atoms with E-state index in [9.17, 15) is 8.76 Å². The molecule has 1 aromatic rings. The lowest BCUT2D eigenvalue weighted by Gasteiger charge is -2.17. The van der Waals surface area contributed by atoms with Crippen molar-refractivity contribution in [3.8, 4) is 5.75 Å². The summed E-state index contributed by atoms with van der Waals surface area (Å²) in [5.74, 6) is 0.805. The summed E-state index contributed by atoms with van der Waals surface area (Å²) in [6.45, 7) is 7.48. The van der Waals surface area contributed by atoms with Crippen molar-refractivity contribution in [2.45, 2.75) is 32.6 Å². The van der Waals surface area contributed by atoms with Crippen molar-refractivity contribution >= 4 is 11.1 Å². The summed E-state index contributed by atoms with van der Waals surface area (Å²) in [7, 11) is 1.61. The molecule has 0 amide bonds. The molecule has 0 bridgehead atoms. The Hall–Kier alpha value is -0.870. The Morgan fingerprint density at radius 1 is 1.00 bits per heavy atom. The number of methoxy groups -OCH3 is 1. The molecule has 1 atom stereocenters. The Kier molecular flexibility index (Phi) is 3.52. The molecule has 0 aliphatic heterocycles. The second kappa shape index (κ2) is 4.33. The van der Waals surface area contributed by atoms with Crippen LogP contribution in [-0.4, -0.2) is 15.9 Å². The largest absolute Gasteiger partial charge is 0.496 e. The summed E-state index contributed by atoms with van der Waals surface area (Å²) in [5.41, 5.74) is 3.52. The molecule has 15 heavy (non-hydrogen) atoms. The fourth-order valence-corrected chi connectivity index (χ4v) is 2.64. The van der Waals surface area contributed by atoms with E-state index >= 15 is 0 Å². The van der Waals surface area contributed by atoms with E-state index in [1.165, 1.54) is 0 Å². The molecule has 1 N–H and O–H groups in total. The third kappa shape index (κ3) is 1.92. The van der Waals surface area contributed by atoms with Gasteiger partial charge >= 0.3 is 0 Å². The normalized spacial score (nSPS) is 12.7. The molecular weight excluding hydrogens is 212 g/mol. The van der Waals surface area contributed by atoms with Crippen LogP contribution in [0.4, 0.5) is 0 Å². The molecule has 0 aromatic heterocycles. The first kappa shape index (κ1) is 12.2. The Labute approximate surface area is 92.7 Å². The molecule has 3 nitrogen and oxygen atoms in total. The lowest BCUT2D eigenvalue weighted by Crippen LogP contribution is -2.04. The molecule has 0 radical (unpaired) electrons. The summed E-state index contributed by atoms with van der Waals surface area (Å²) in [6, 6.07) is 0. The van der Waals surface area contributed by atoms with E-state index in [1.54, 1.807) is 7.11 Å². The minimum absolute atomic E-state index is 0.505. The van der Waals surface area contributed by atoms with Gasteiger partial charge in [0.2, 0.25) is 0 Å². The van der Waals surface area contributed by atoms with E-state index in [0.717, 1.165) is 28.0 Å². The maximum absolute atomic E-state index is 11.2. The van der Waals surface area contributed by atoms with Crippen molar-refractivity contribution in [3.63, 3.8) is 0 Å². The minimum atomic E-state index is -1.94. The lowest BCUT2D eigenvalue weighted by atomic mass is 10.00. The molecule has 0 saturated heterocycles. The van der Waals surface area contributed by atoms with Crippen molar-refractivity contribution < 1.29 is 13.5 Å². The predicted molar refractivity (Wildman–Crippen MR) is 61.0 cm³/mol. The number of ether oxygens (including phenoxy) is 1. The maximum atomic E-state index is 11.2. The quantitative estimate of drug-likeness (QED) is 0.791. The first-order chi connectivity index (χ1) is 6.91. The number of rotatable bonds is 2. The zero-order valence-electron chi connectivity index (χ0n) is 9.67. The topological polar surface area (TPSA) is 46.5 Å². The summed E-state index contributed by atoms with van der Waals surface area (Å²) >= 11 is -1.94. The number of hydrogen-bond acceptors (Lipinski definition) is 2. The van der Waals surface area contributed by atoms with Crippen molar-refractivity contribution in [2.75, 3.05) is 7.11 Å². The first-order valence-electron chi connectivity index (χ1n) is 4.67. The van der Waals surface area contributed by atoms with Crippen LogP contribution in [0.25, 0.3) is 0 Å². The first-order valence-corrected chi connectivity index (χ1v) is 5.77. The van der Waals surface area contributed by atoms with E-state index in [0.29, 0.717) is 4.90 Å². The van der Waals surface area contributed by atoms with Crippen LogP contribution in [0.2, 0.25) is 0 Å². The van der Waals surface area contributed by atoms with Crippen molar-refractivity contribution in [2.24, 2.45) is 0 Å². The summed E-state index contributed by atoms with van der Waals surface area (Å²) in [6.07, 6.45) is 0. The van der Waals surface area contributed by atoms with Gasteiger partial charge in [0.25, 0.3) is 0 Å². The Balaban J connectivity index is 3.66. The van der Waals surface area contributed by atoms with E-state index in [4.69, 9.17) is 4.74 Å². The molecule has 0 aliphatic rings. The maximum Gasteiger partial charge on any atom is 0.187 e. The molecule has 0 saturated carbocycles. The molecule has 1 aromatic carbocycles. The smallest absolute Gasteiger partial charge is 0.187 e. The molecular formula is C11H16O3S. The summed E-state index contributed by atoms with van der Waals surface area (Å²) < 4.78 is 25.7. The van der Waals surface area contributed by atoms with Gasteiger partial charge < -0.3 is 9.29 Å². The van der Waals surface area contributed by atoms with Crippen LogP contribution in [0, 0.1) is 27.7 Å². The van der Waals surface area contributed by atoms with E-state index in [-0.39, 0.29) is 0 Å². The van der Waals surface area contributed by atoms with Gasteiger partial charge in [0, 0.05) is 0 Å². The predicted octanol–water partition coefficient (Wildman–Crippen LogP) is 2.51. The van der Waals surface area contributed by atoms with Gasteiger partial charge in [-0.1, -0.05) is 0 Å². The van der Waals surface area contributed by atoms with Gasteiger partial charge in [-0.3, -0.25) is 0 Å². The van der Waals surface area contributed by atoms with E-state index in [2.05, 4.69) is 0 Å². The van der Waals surface area contributed by atoms with Crippen molar-refractivity contribution in [1.29, 1.82) is 0 Å². The zero-order chi connectivity index (χ0) is 11.7. The Morgan fingerprint density at radius 3 is 1.67 bits per heavy atom. The van der Waals surface area contributed by atoms with Crippen LogP contribution >= 0.6 is 0 Å². The van der Waals surface area contributed by atoms with Gasteiger partial charge in [0.1, 0.15) is 5.75 Å². The summed E-state index contributed by atoms with van der Waals surface area (Å²) in [4.78, 5) is 0.505. The highest BCUT2D eigenvalue weighted by Gasteiger charge is 2.18. The van der Waals surface area contributed by atoms with Crippen LogP contribution < -0.4 is 4.74 Å². The fourth-order valence-electron chi connectivity index (χ4n) is 1.81. The second-order valence-electron chi connectivity index (χ2n) is 3.61. The average molecular weight is 228 g/mol. The van der Waals surface area contributed by atoms with Gasteiger partial charge in [-0.25, -0.2) is 4.21 Å². The minimum Gasteiger partial charge on any atom is -0.496 e. The van der Waals surface area contributed by atoms with E-state index in [1.807, 2.05) is 27.7 Å². The number of hydrogen-bond donors (Lipinski definition) is 1. The average Bonchev–Trinajstić information content (AvgIpc) is 2.16. The molecule has 0 spiro atoms. The molecule has 1 rings (SSSR count). The molecule has 0 aliphatic carbocycles. The third-order valence-electron chi connectivity index (χ3n) is 2.87. The zero-order valence-corrected chi connectivity index (χ0v) is 10.5. The highest BCUT2D eigenvalue weighted by atomic mass is 32.2. The standard InChI is InChI=1S/C11H16O3S/c1-6-8(3)11(15(12)13)9(4)7(2)10(6)14-5/h1-5H3,(H,12,13). The van der Waals surface area contributed by atoms with Crippen LogP contribution in [0.15, 0.2) is 4.90 Å². The van der Waals surface area contributed by atoms with Gasteiger partial charge in [0.05, 0.1) is 12.0 Å².